The smallest absolute Gasteiger partial charge is 0.245 e. The highest BCUT2D eigenvalue weighted by Gasteiger charge is 2.34. The maximum atomic E-state index is 12.4. The van der Waals surface area contributed by atoms with Gasteiger partial charge in [0.05, 0.1) is 23.4 Å². The van der Waals surface area contributed by atoms with Crippen LogP contribution >= 0.6 is 0 Å². The van der Waals surface area contributed by atoms with Gasteiger partial charge >= 0.3 is 0 Å². The van der Waals surface area contributed by atoms with Crippen LogP contribution in [0.4, 0.5) is 0 Å². The third-order valence-corrected chi connectivity index (χ3v) is 5.33. The fourth-order valence-electron chi connectivity index (χ4n) is 3.68. The lowest BCUT2D eigenvalue weighted by Crippen LogP contribution is -2.45. The zero-order valence-electron chi connectivity index (χ0n) is 16.7. The molecule has 2 aromatic carbocycles. The number of nitrogens with zero attached hydrogens (tertiary/aromatic N) is 3. The highest BCUT2D eigenvalue weighted by molar-refractivity contribution is 5.90. The number of nitrogens with one attached hydrogen (secondary N) is 2. The lowest BCUT2D eigenvalue weighted by Gasteiger charge is -2.16. The number of amides is 3. The first-order chi connectivity index (χ1) is 14.5. The molecule has 3 aromatic rings. The van der Waals surface area contributed by atoms with Crippen molar-refractivity contribution in [1.82, 2.24) is 25.3 Å². The van der Waals surface area contributed by atoms with E-state index >= 15 is 0 Å². The number of fused-ring (bicyclic) bond motifs is 1. The van der Waals surface area contributed by atoms with Crippen LogP contribution in [-0.2, 0) is 34.4 Å². The fourth-order valence-corrected chi connectivity index (χ4v) is 3.68. The van der Waals surface area contributed by atoms with E-state index < -0.39 is 5.92 Å². The van der Waals surface area contributed by atoms with Crippen molar-refractivity contribution in [3.63, 3.8) is 0 Å². The SMILES string of the molecule is Cn1c(CC(=O)NNC(=O)[C@@H]2CC(=O)N(Cc3ccccc3)C2)nc2ccccc21. The molecule has 0 radical (unpaired) electrons. The summed E-state index contributed by atoms with van der Waals surface area (Å²) in [6.45, 7) is 0.808. The molecule has 1 aromatic heterocycles. The molecule has 154 valence electrons. The van der Waals surface area contributed by atoms with Crippen LogP contribution in [0.15, 0.2) is 54.6 Å². The lowest BCUT2D eigenvalue weighted by atomic mass is 10.1. The van der Waals surface area contributed by atoms with E-state index in [9.17, 15) is 14.4 Å². The fraction of sp³-hybridized carbons (Fsp3) is 0.273. The highest BCUT2D eigenvalue weighted by Crippen LogP contribution is 2.20. The van der Waals surface area contributed by atoms with Crippen molar-refractivity contribution < 1.29 is 14.4 Å². The van der Waals surface area contributed by atoms with Gasteiger partial charge in [-0.25, -0.2) is 4.98 Å². The number of hydrogen-bond donors (Lipinski definition) is 2. The van der Waals surface area contributed by atoms with Crippen molar-refractivity contribution in [1.29, 1.82) is 0 Å². The number of hydrazine groups is 1. The highest BCUT2D eigenvalue weighted by atomic mass is 16.2. The molecule has 1 fully saturated rings. The van der Waals surface area contributed by atoms with E-state index in [0.717, 1.165) is 16.6 Å². The second-order valence-electron chi connectivity index (χ2n) is 7.45. The van der Waals surface area contributed by atoms with E-state index in [4.69, 9.17) is 0 Å². The van der Waals surface area contributed by atoms with Crippen molar-refractivity contribution >= 4 is 28.8 Å². The van der Waals surface area contributed by atoms with Crippen molar-refractivity contribution in [2.45, 2.75) is 19.4 Å². The zero-order valence-corrected chi connectivity index (χ0v) is 16.7. The van der Waals surface area contributed by atoms with Crippen LogP contribution in [0.5, 0.6) is 0 Å². The van der Waals surface area contributed by atoms with Gasteiger partial charge < -0.3 is 9.47 Å². The average molecular weight is 405 g/mol. The molecule has 0 bridgehead atoms. The largest absolute Gasteiger partial charge is 0.338 e. The number of hydrogen-bond acceptors (Lipinski definition) is 4. The number of carbonyl (C=O) groups excluding carboxylic acids is 3. The molecule has 1 aliphatic rings. The maximum Gasteiger partial charge on any atom is 0.245 e. The van der Waals surface area contributed by atoms with E-state index in [1.807, 2.05) is 66.2 Å². The van der Waals surface area contributed by atoms with Crippen molar-refractivity contribution in [3.8, 4) is 0 Å². The van der Waals surface area contributed by atoms with Crippen LogP contribution in [0.25, 0.3) is 11.0 Å². The molecular formula is C22H23N5O3. The summed E-state index contributed by atoms with van der Waals surface area (Å²) in [6, 6.07) is 17.3. The molecule has 0 unspecified atom stereocenters. The van der Waals surface area contributed by atoms with Gasteiger partial charge in [-0.2, -0.15) is 0 Å². The number of carbonyl (C=O) groups is 3. The standard InChI is InChI=1S/C22H23N5O3/c1-26-18-10-6-5-9-17(18)23-19(26)12-20(28)24-25-22(30)16-11-21(29)27(14-16)13-15-7-3-2-4-8-15/h2-10,16H,11-14H2,1H3,(H,24,28)(H,25,30)/t16-/m1/s1. The summed E-state index contributed by atoms with van der Waals surface area (Å²) in [6.07, 6.45) is 0.175. The molecule has 0 saturated carbocycles. The van der Waals surface area contributed by atoms with E-state index in [0.29, 0.717) is 18.9 Å². The Bertz CT molecular complexity index is 1090. The number of imidazole rings is 1. The molecule has 8 heteroatoms. The second-order valence-corrected chi connectivity index (χ2v) is 7.45. The monoisotopic (exact) mass is 405 g/mol. The van der Waals surface area contributed by atoms with Gasteiger partial charge in [-0.05, 0) is 17.7 Å². The summed E-state index contributed by atoms with van der Waals surface area (Å²) in [4.78, 5) is 43.1. The number of likely N-dealkylation sites (tertiary alicyclic amines) is 1. The minimum absolute atomic E-state index is 0.0369. The minimum atomic E-state index is -0.489. The molecule has 0 spiro atoms. The predicted octanol–water partition coefficient (Wildman–Crippen LogP) is 1.31. The summed E-state index contributed by atoms with van der Waals surface area (Å²) in [5.41, 5.74) is 7.65. The molecule has 1 aliphatic heterocycles. The van der Waals surface area contributed by atoms with Crippen LogP contribution in [0.2, 0.25) is 0 Å². The molecule has 0 aliphatic carbocycles. The number of benzene rings is 2. The Labute approximate surface area is 173 Å². The topological polar surface area (TPSA) is 96.3 Å². The Balaban J connectivity index is 1.29. The van der Waals surface area contributed by atoms with Gasteiger partial charge in [-0.1, -0.05) is 42.5 Å². The zero-order chi connectivity index (χ0) is 21.1. The van der Waals surface area contributed by atoms with Crippen molar-refractivity contribution in [2.75, 3.05) is 6.54 Å². The first-order valence-corrected chi connectivity index (χ1v) is 9.82. The van der Waals surface area contributed by atoms with Gasteiger partial charge in [-0.3, -0.25) is 25.2 Å². The molecule has 8 nitrogen and oxygen atoms in total. The van der Waals surface area contributed by atoms with E-state index in [2.05, 4.69) is 15.8 Å². The van der Waals surface area contributed by atoms with E-state index in [1.165, 1.54) is 0 Å². The molecule has 2 heterocycles. The van der Waals surface area contributed by atoms with Gasteiger partial charge in [0.25, 0.3) is 0 Å². The lowest BCUT2D eigenvalue weighted by molar-refractivity contribution is -0.131. The summed E-state index contributed by atoms with van der Waals surface area (Å²) >= 11 is 0. The Kier molecular flexibility index (Phi) is 5.47. The Hall–Kier alpha value is -3.68. The molecule has 4 rings (SSSR count). The summed E-state index contributed by atoms with van der Waals surface area (Å²) in [5.74, 6) is -0.681. The van der Waals surface area contributed by atoms with Gasteiger partial charge in [-0.15, -0.1) is 0 Å². The molecule has 3 amide bonds. The number of aromatic nitrogens is 2. The molecule has 1 atom stereocenters. The number of para-hydroxylation sites is 2. The normalized spacial score (nSPS) is 16.1. The molecular weight excluding hydrogens is 382 g/mol. The second kappa shape index (κ2) is 8.36. The van der Waals surface area contributed by atoms with Crippen LogP contribution < -0.4 is 10.9 Å². The van der Waals surface area contributed by atoms with Crippen LogP contribution in [0, 0.1) is 5.92 Å². The van der Waals surface area contributed by atoms with E-state index in [1.54, 1.807) is 4.90 Å². The van der Waals surface area contributed by atoms with Gasteiger partial charge in [0.1, 0.15) is 5.82 Å². The van der Waals surface area contributed by atoms with Crippen molar-refractivity contribution in [3.05, 3.63) is 66.0 Å². The van der Waals surface area contributed by atoms with E-state index in [-0.39, 0.29) is 30.6 Å². The van der Waals surface area contributed by atoms with Crippen LogP contribution in [0.3, 0.4) is 0 Å². The van der Waals surface area contributed by atoms with Crippen LogP contribution in [-0.4, -0.2) is 38.7 Å². The van der Waals surface area contributed by atoms with Gasteiger partial charge in [0.15, 0.2) is 0 Å². The van der Waals surface area contributed by atoms with Gasteiger partial charge in [0, 0.05) is 26.6 Å². The molecule has 1 saturated heterocycles. The first-order valence-electron chi connectivity index (χ1n) is 9.82. The summed E-state index contributed by atoms with van der Waals surface area (Å²) in [5, 5.41) is 0. The minimum Gasteiger partial charge on any atom is -0.338 e. The summed E-state index contributed by atoms with van der Waals surface area (Å²) < 4.78 is 1.85. The van der Waals surface area contributed by atoms with Crippen LogP contribution in [0.1, 0.15) is 17.8 Å². The Morgan fingerprint density at radius 2 is 1.80 bits per heavy atom. The number of aryl methyl sites for hydroxylation is 1. The molecule has 30 heavy (non-hydrogen) atoms. The first kappa shape index (κ1) is 19.6. The third kappa shape index (κ3) is 4.17. The van der Waals surface area contributed by atoms with Crippen molar-refractivity contribution in [2.24, 2.45) is 13.0 Å². The predicted molar refractivity (Wildman–Crippen MR) is 111 cm³/mol. The Morgan fingerprint density at radius 1 is 1.07 bits per heavy atom. The van der Waals surface area contributed by atoms with Gasteiger partial charge in [0.2, 0.25) is 17.7 Å². The number of rotatable bonds is 5. The summed E-state index contributed by atoms with van der Waals surface area (Å²) in [7, 11) is 1.85. The molecule has 2 N–H and O–H groups in total. The Morgan fingerprint density at radius 3 is 2.57 bits per heavy atom. The third-order valence-electron chi connectivity index (χ3n) is 5.33. The quantitative estimate of drug-likeness (QED) is 0.626. The maximum absolute atomic E-state index is 12.4. The average Bonchev–Trinajstić information content (AvgIpc) is 3.27.